The first-order valence-corrected chi connectivity index (χ1v) is 11.5. The van der Waals surface area contributed by atoms with Gasteiger partial charge in [-0.25, -0.2) is 13.4 Å². The van der Waals surface area contributed by atoms with Crippen molar-refractivity contribution in [1.29, 1.82) is 0 Å². The summed E-state index contributed by atoms with van der Waals surface area (Å²) in [7, 11) is -3.72. The number of hydrogen-bond acceptors (Lipinski definition) is 6. The predicted molar refractivity (Wildman–Crippen MR) is 115 cm³/mol. The van der Waals surface area contributed by atoms with Gasteiger partial charge in [0.25, 0.3) is 10.0 Å². The summed E-state index contributed by atoms with van der Waals surface area (Å²) in [4.78, 5) is 18.5. The van der Waals surface area contributed by atoms with Gasteiger partial charge in [0.15, 0.2) is 5.13 Å². The zero-order valence-electron chi connectivity index (χ0n) is 15.1. The Bertz CT molecular complexity index is 1120. The number of nitrogens with zero attached hydrogens (tertiary/aromatic N) is 2. The summed E-state index contributed by atoms with van der Waals surface area (Å²) in [5, 5.41) is 5.79. The minimum atomic E-state index is -3.72. The number of carbonyl (C=O) groups excluding carboxylic acids is 1. The summed E-state index contributed by atoms with van der Waals surface area (Å²) in [6.45, 7) is 0.542. The highest BCUT2D eigenvalue weighted by atomic mass is 35.5. The van der Waals surface area contributed by atoms with Gasteiger partial charge in [0, 0.05) is 34.5 Å². The van der Waals surface area contributed by atoms with Crippen molar-refractivity contribution in [3.05, 3.63) is 65.1 Å². The quantitative estimate of drug-likeness (QED) is 0.598. The van der Waals surface area contributed by atoms with Crippen LogP contribution >= 0.6 is 22.9 Å². The van der Waals surface area contributed by atoms with Crippen molar-refractivity contribution >= 4 is 55.4 Å². The second-order valence-electron chi connectivity index (χ2n) is 6.42. The molecule has 0 bridgehead atoms. The Morgan fingerprint density at radius 3 is 2.66 bits per heavy atom. The number of anilines is 3. The first kappa shape index (κ1) is 19.7. The number of carbonyl (C=O) groups is 1. The van der Waals surface area contributed by atoms with Gasteiger partial charge in [-0.15, -0.1) is 11.3 Å². The fraction of sp³-hybridized carbons (Fsp3) is 0.158. The number of rotatable bonds is 6. The minimum Gasteiger partial charge on any atom is -0.374 e. The number of amides is 1. The Morgan fingerprint density at radius 1 is 1.17 bits per heavy atom. The molecule has 1 aliphatic rings. The molecule has 1 aromatic heterocycles. The van der Waals surface area contributed by atoms with Crippen molar-refractivity contribution in [2.75, 3.05) is 21.5 Å². The van der Waals surface area contributed by atoms with Crippen LogP contribution in [-0.4, -0.2) is 31.9 Å². The van der Waals surface area contributed by atoms with Crippen molar-refractivity contribution in [3.8, 4) is 0 Å². The van der Waals surface area contributed by atoms with Crippen molar-refractivity contribution in [3.63, 3.8) is 0 Å². The van der Waals surface area contributed by atoms with E-state index in [1.165, 1.54) is 29.7 Å². The molecule has 150 valence electrons. The topological polar surface area (TPSA) is 91.4 Å². The monoisotopic (exact) mass is 448 g/mol. The molecule has 1 saturated heterocycles. The minimum absolute atomic E-state index is 0.0681. The molecule has 1 unspecified atom stereocenters. The normalized spacial score (nSPS) is 16.8. The molecule has 10 heteroatoms. The van der Waals surface area contributed by atoms with Crippen LogP contribution in [-0.2, 0) is 14.8 Å². The third-order valence-electron chi connectivity index (χ3n) is 4.48. The number of nitrogens with one attached hydrogen (secondary N) is 2. The molecule has 2 heterocycles. The molecular weight excluding hydrogens is 432 g/mol. The van der Waals surface area contributed by atoms with Gasteiger partial charge in [0.1, 0.15) is 6.04 Å². The van der Waals surface area contributed by atoms with E-state index in [4.69, 9.17) is 11.6 Å². The molecule has 1 aliphatic heterocycles. The maximum Gasteiger partial charge on any atom is 0.263 e. The lowest BCUT2D eigenvalue weighted by atomic mass is 10.2. The van der Waals surface area contributed by atoms with E-state index in [0.717, 1.165) is 5.69 Å². The summed E-state index contributed by atoms with van der Waals surface area (Å²) in [6.07, 6.45) is 2.16. The molecule has 1 fully saturated rings. The largest absolute Gasteiger partial charge is 0.374 e. The maximum atomic E-state index is 12.8. The Kier molecular flexibility index (Phi) is 5.44. The van der Waals surface area contributed by atoms with E-state index in [0.29, 0.717) is 28.8 Å². The zero-order chi connectivity index (χ0) is 20.4. The van der Waals surface area contributed by atoms with Crippen LogP contribution in [0, 0.1) is 0 Å². The van der Waals surface area contributed by atoms with E-state index in [1.54, 1.807) is 34.5 Å². The van der Waals surface area contributed by atoms with Gasteiger partial charge >= 0.3 is 0 Å². The van der Waals surface area contributed by atoms with Gasteiger partial charge in [-0.1, -0.05) is 17.7 Å². The Labute approximate surface area is 177 Å². The molecule has 2 aromatic carbocycles. The summed E-state index contributed by atoms with van der Waals surface area (Å²) in [5.74, 6) is -0.0681. The molecule has 1 amide bonds. The highest BCUT2D eigenvalue weighted by Crippen LogP contribution is 2.26. The van der Waals surface area contributed by atoms with Crippen LogP contribution in [0.25, 0.3) is 0 Å². The average Bonchev–Trinajstić information content (AvgIpc) is 3.32. The van der Waals surface area contributed by atoms with Crippen LogP contribution in [0.5, 0.6) is 0 Å². The molecular formula is C19H17ClN4O3S2. The Balaban J connectivity index is 1.46. The summed E-state index contributed by atoms with van der Waals surface area (Å²) < 4.78 is 27.3. The third kappa shape index (κ3) is 4.36. The molecule has 4 rings (SSSR count). The van der Waals surface area contributed by atoms with Gasteiger partial charge in [-0.3, -0.25) is 9.52 Å². The van der Waals surface area contributed by atoms with Gasteiger partial charge in [0.2, 0.25) is 5.91 Å². The van der Waals surface area contributed by atoms with Crippen molar-refractivity contribution in [1.82, 2.24) is 4.98 Å². The number of benzene rings is 2. The highest BCUT2D eigenvalue weighted by molar-refractivity contribution is 7.93. The fourth-order valence-electron chi connectivity index (χ4n) is 3.10. The van der Waals surface area contributed by atoms with Crippen LogP contribution in [0.2, 0.25) is 5.02 Å². The highest BCUT2D eigenvalue weighted by Gasteiger charge is 2.32. The summed E-state index contributed by atoms with van der Waals surface area (Å²) in [5.41, 5.74) is 1.44. The van der Waals surface area contributed by atoms with Crippen LogP contribution in [0.4, 0.5) is 16.5 Å². The molecule has 0 spiro atoms. The lowest BCUT2D eigenvalue weighted by molar-refractivity contribution is -0.117. The number of halogens is 1. The van der Waals surface area contributed by atoms with Gasteiger partial charge < -0.3 is 10.2 Å². The van der Waals surface area contributed by atoms with Crippen LogP contribution in [0.1, 0.15) is 6.42 Å². The van der Waals surface area contributed by atoms with Crippen LogP contribution in [0.15, 0.2) is 65.0 Å². The molecule has 0 radical (unpaired) electrons. The number of hydrogen-bond donors (Lipinski definition) is 2. The standard InChI is InChI=1S/C19H17ClN4O3S2/c20-13-2-1-3-14(12-13)22-17-8-10-24(18(17)25)15-4-6-16(7-5-15)29(26,27)23-19-21-9-11-28-19/h1-7,9,11-12,17,22H,8,10H2,(H,21,23). The molecule has 3 aromatic rings. The zero-order valence-corrected chi connectivity index (χ0v) is 17.5. The molecule has 1 atom stereocenters. The van der Waals surface area contributed by atoms with Crippen LogP contribution in [0.3, 0.4) is 0 Å². The number of aromatic nitrogens is 1. The lowest BCUT2D eigenvalue weighted by Crippen LogP contribution is -2.33. The second kappa shape index (κ2) is 8.02. The number of sulfonamides is 1. The van der Waals surface area contributed by atoms with E-state index >= 15 is 0 Å². The maximum absolute atomic E-state index is 12.8. The van der Waals surface area contributed by atoms with Gasteiger partial charge in [-0.05, 0) is 48.9 Å². The fourth-order valence-corrected chi connectivity index (χ4v) is 5.08. The summed E-state index contributed by atoms with van der Waals surface area (Å²) in [6, 6.07) is 13.1. The smallest absolute Gasteiger partial charge is 0.263 e. The van der Waals surface area contributed by atoms with E-state index < -0.39 is 10.0 Å². The number of thiazole rings is 1. The van der Waals surface area contributed by atoms with Crippen LogP contribution < -0.4 is 14.9 Å². The van der Waals surface area contributed by atoms with Gasteiger partial charge in [0.05, 0.1) is 4.90 Å². The molecule has 0 aliphatic carbocycles. The van der Waals surface area contributed by atoms with E-state index in [9.17, 15) is 13.2 Å². The SMILES string of the molecule is O=C1C(Nc2cccc(Cl)c2)CCN1c1ccc(S(=O)(=O)Nc2nccs2)cc1. The summed E-state index contributed by atoms with van der Waals surface area (Å²) >= 11 is 7.20. The van der Waals surface area contributed by atoms with Gasteiger partial charge in [-0.2, -0.15) is 0 Å². The first-order chi connectivity index (χ1) is 13.9. The molecule has 7 nitrogen and oxygen atoms in total. The van der Waals surface area contributed by atoms with Crippen molar-refractivity contribution in [2.45, 2.75) is 17.4 Å². The first-order valence-electron chi connectivity index (χ1n) is 8.78. The van der Waals surface area contributed by atoms with E-state index in [2.05, 4.69) is 15.0 Å². The molecule has 0 saturated carbocycles. The Morgan fingerprint density at radius 2 is 1.97 bits per heavy atom. The predicted octanol–water partition coefficient (Wildman–Crippen LogP) is 3.81. The van der Waals surface area contributed by atoms with Crippen molar-refractivity contribution < 1.29 is 13.2 Å². The average molecular weight is 449 g/mol. The van der Waals surface area contributed by atoms with E-state index in [-0.39, 0.29) is 16.8 Å². The second-order valence-corrected chi connectivity index (χ2v) is 9.44. The molecule has 29 heavy (non-hydrogen) atoms. The van der Waals surface area contributed by atoms with E-state index in [1.807, 2.05) is 12.1 Å². The molecule has 2 N–H and O–H groups in total. The Hall–Kier alpha value is -2.62. The third-order valence-corrected chi connectivity index (χ3v) is 6.89. The van der Waals surface area contributed by atoms with Crippen molar-refractivity contribution in [2.24, 2.45) is 0 Å². The lowest BCUT2D eigenvalue weighted by Gasteiger charge is -2.18.